The van der Waals surface area contributed by atoms with Crippen molar-refractivity contribution in [2.75, 3.05) is 26.2 Å². The molecule has 28 heavy (non-hydrogen) atoms. The summed E-state index contributed by atoms with van der Waals surface area (Å²) >= 11 is 1.41. The Hall–Kier alpha value is -1.29. The third-order valence-electron chi connectivity index (χ3n) is 5.81. The van der Waals surface area contributed by atoms with Gasteiger partial charge in [0.15, 0.2) is 0 Å². The molecule has 0 saturated carbocycles. The lowest BCUT2D eigenvalue weighted by atomic mass is 10.0. The van der Waals surface area contributed by atoms with Crippen molar-refractivity contribution in [3.05, 3.63) is 16.8 Å². The lowest BCUT2D eigenvalue weighted by Crippen LogP contribution is -2.48. The van der Waals surface area contributed by atoms with Crippen LogP contribution in [-0.4, -0.2) is 60.0 Å². The lowest BCUT2D eigenvalue weighted by Gasteiger charge is -2.39. The Morgan fingerprint density at radius 2 is 1.89 bits per heavy atom. The van der Waals surface area contributed by atoms with E-state index in [9.17, 15) is 8.42 Å². The number of hydrogen-bond donors (Lipinski definition) is 0. The van der Waals surface area contributed by atoms with Crippen LogP contribution in [0.5, 0.6) is 0 Å². The highest BCUT2D eigenvalue weighted by Crippen LogP contribution is 2.34. The number of piperidine rings is 2. The van der Waals surface area contributed by atoms with E-state index in [0.29, 0.717) is 42.2 Å². The van der Waals surface area contributed by atoms with Gasteiger partial charge in [-0.2, -0.15) is 9.29 Å². The fraction of sp³-hybridized carbons (Fsp3) is 0.684. The average Bonchev–Trinajstić information content (AvgIpc) is 3.35. The van der Waals surface area contributed by atoms with Crippen LogP contribution in [0.4, 0.5) is 0 Å². The van der Waals surface area contributed by atoms with Crippen molar-refractivity contribution in [3.63, 3.8) is 0 Å². The Morgan fingerprint density at radius 1 is 1.18 bits per heavy atom. The highest BCUT2D eigenvalue weighted by atomic mass is 32.2. The van der Waals surface area contributed by atoms with E-state index in [1.807, 2.05) is 13.8 Å². The summed E-state index contributed by atoms with van der Waals surface area (Å²) in [7, 11) is -3.49. The molecule has 2 aliphatic rings. The predicted molar refractivity (Wildman–Crippen MR) is 109 cm³/mol. The first-order valence-corrected chi connectivity index (χ1v) is 12.4. The molecule has 0 radical (unpaired) electrons. The summed E-state index contributed by atoms with van der Waals surface area (Å²) in [4.78, 5) is 8.78. The first-order valence-electron chi connectivity index (χ1n) is 10.2. The van der Waals surface area contributed by atoms with Crippen LogP contribution >= 0.6 is 11.3 Å². The van der Waals surface area contributed by atoms with Gasteiger partial charge in [0.1, 0.15) is 0 Å². The van der Waals surface area contributed by atoms with Gasteiger partial charge in [0.05, 0.1) is 9.77 Å². The zero-order chi connectivity index (χ0) is 19.7. The number of likely N-dealkylation sites (tertiary alicyclic amines) is 1. The van der Waals surface area contributed by atoms with E-state index < -0.39 is 10.0 Å². The molecular weight excluding hydrogens is 396 g/mol. The van der Waals surface area contributed by atoms with E-state index in [2.05, 4.69) is 15.0 Å². The maximum atomic E-state index is 13.3. The van der Waals surface area contributed by atoms with E-state index in [1.54, 1.807) is 10.4 Å². The smallest absolute Gasteiger partial charge is 0.244 e. The molecule has 2 aromatic heterocycles. The molecule has 4 rings (SSSR count). The first-order chi connectivity index (χ1) is 13.5. The number of aromatic nitrogens is 2. The molecule has 0 bridgehead atoms. The van der Waals surface area contributed by atoms with Gasteiger partial charge in [0, 0.05) is 30.4 Å². The molecule has 2 saturated heterocycles. The number of nitrogens with zero attached hydrogens (tertiary/aromatic N) is 4. The van der Waals surface area contributed by atoms with E-state index in [4.69, 9.17) is 4.52 Å². The standard InChI is InChI=1S/C19H28N4O3S2/c1-3-18-20-19(21-26-18)16-13-17(14(2)27-16)28(24,25)23-11-7-15(8-12-23)22-9-5-4-6-10-22/h13,15H,3-12H2,1-2H3. The maximum absolute atomic E-state index is 13.3. The van der Waals surface area contributed by atoms with E-state index >= 15 is 0 Å². The molecule has 2 aliphatic heterocycles. The Balaban J connectivity index is 1.48. The van der Waals surface area contributed by atoms with Crippen molar-refractivity contribution in [3.8, 4) is 10.7 Å². The van der Waals surface area contributed by atoms with Crippen molar-refractivity contribution in [1.29, 1.82) is 0 Å². The minimum absolute atomic E-state index is 0.381. The van der Waals surface area contributed by atoms with E-state index in [1.165, 1.54) is 30.6 Å². The number of aryl methyl sites for hydroxylation is 2. The minimum Gasteiger partial charge on any atom is -0.339 e. The van der Waals surface area contributed by atoms with Gasteiger partial charge in [-0.05, 0) is 51.8 Å². The molecule has 0 spiro atoms. The van der Waals surface area contributed by atoms with Crippen molar-refractivity contribution in [2.45, 2.75) is 63.3 Å². The number of rotatable bonds is 5. The monoisotopic (exact) mass is 424 g/mol. The van der Waals surface area contributed by atoms with Gasteiger partial charge >= 0.3 is 0 Å². The Bertz CT molecular complexity index is 908. The van der Waals surface area contributed by atoms with E-state index in [0.717, 1.165) is 35.7 Å². The van der Waals surface area contributed by atoms with Crippen LogP contribution in [0, 0.1) is 6.92 Å². The second kappa shape index (κ2) is 8.22. The van der Waals surface area contributed by atoms with Gasteiger partial charge in [-0.25, -0.2) is 8.42 Å². The zero-order valence-corrected chi connectivity index (χ0v) is 18.2. The van der Waals surface area contributed by atoms with Crippen LogP contribution in [0.1, 0.15) is 49.8 Å². The fourth-order valence-electron chi connectivity index (χ4n) is 4.20. The number of hydrogen-bond acceptors (Lipinski definition) is 7. The summed E-state index contributed by atoms with van der Waals surface area (Å²) in [6, 6.07) is 2.23. The summed E-state index contributed by atoms with van der Waals surface area (Å²) < 4.78 is 33.3. The highest BCUT2D eigenvalue weighted by Gasteiger charge is 2.34. The zero-order valence-electron chi connectivity index (χ0n) is 16.6. The molecule has 0 N–H and O–H groups in total. The van der Waals surface area contributed by atoms with Crippen molar-refractivity contribution < 1.29 is 12.9 Å². The van der Waals surface area contributed by atoms with Gasteiger partial charge in [-0.1, -0.05) is 18.5 Å². The van der Waals surface area contributed by atoms with Crippen LogP contribution in [0.15, 0.2) is 15.5 Å². The summed E-state index contributed by atoms with van der Waals surface area (Å²) in [5.74, 6) is 1.03. The average molecular weight is 425 g/mol. The maximum Gasteiger partial charge on any atom is 0.244 e. The number of sulfonamides is 1. The van der Waals surface area contributed by atoms with Crippen LogP contribution < -0.4 is 0 Å². The normalized spacial score (nSPS) is 20.6. The number of thiophene rings is 1. The third-order valence-corrected chi connectivity index (χ3v) is 9.01. The fourth-order valence-corrected chi connectivity index (χ4v) is 7.16. The molecule has 0 amide bonds. The largest absolute Gasteiger partial charge is 0.339 e. The predicted octanol–water partition coefficient (Wildman–Crippen LogP) is 3.31. The van der Waals surface area contributed by atoms with Gasteiger partial charge < -0.3 is 9.42 Å². The van der Waals surface area contributed by atoms with Crippen LogP contribution in [0.25, 0.3) is 10.7 Å². The Kier molecular flexibility index (Phi) is 5.87. The van der Waals surface area contributed by atoms with Crippen molar-refractivity contribution >= 4 is 21.4 Å². The molecule has 0 atom stereocenters. The van der Waals surface area contributed by atoms with Gasteiger partial charge in [0.2, 0.25) is 21.7 Å². The SMILES string of the molecule is CCc1nc(-c2cc(S(=O)(=O)N3CCC(N4CCCCC4)CC3)c(C)s2)no1. The van der Waals surface area contributed by atoms with Crippen LogP contribution in [0.3, 0.4) is 0 Å². The van der Waals surface area contributed by atoms with E-state index in [-0.39, 0.29) is 0 Å². The Labute approximate surface area is 170 Å². The highest BCUT2D eigenvalue weighted by molar-refractivity contribution is 7.89. The summed E-state index contributed by atoms with van der Waals surface area (Å²) in [6.07, 6.45) is 6.36. The summed E-state index contributed by atoms with van der Waals surface area (Å²) in [5, 5.41) is 3.98. The quantitative estimate of drug-likeness (QED) is 0.733. The molecule has 154 valence electrons. The molecule has 0 aromatic carbocycles. The van der Waals surface area contributed by atoms with Crippen molar-refractivity contribution in [1.82, 2.24) is 19.3 Å². The third kappa shape index (κ3) is 3.90. The van der Waals surface area contributed by atoms with Crippen molar-refractivity contribution in [2.24, 2.45) is 0 Å². The van der Waals surface area contributed by atoms with Gasteiger partial charge in [-0.3, -0.25) is 0 Å². The molecule has 4 heterocycles. The molecular formula is C19H28N4O3S2. The van der Waals surface area contributed by atoms with Gasteiger partial charge in [0.25, 0.3) is 0 Å². The first kappa shape index (κ1) is 20.0. The summed E-state index contributed by atoms with van der Waals surface area (Å²) in [6.45, 7) is 7.30. The lowest BCUT2D eigenvalue weighted by molar-refractivity contribution is 0.118. The summed E-state index contributed by atoms with van der Waals surface area (Å²) in [5.41, 5.74) is 0. The topological polar surface area (TPSA) is 79.5 Å². The Morgan fingerprint density at radius 3 is 2.54 bits per heavy atom. The molecule has 0 aliphatic carbocycles. The van der Waals surface area contributed by atoms with Crippen LogP contribution in [-0.2, 0) is 16.4 Å². The molecule has 0 unspecified atom stereocenters. The van der Waals surface area contributed by atoms with Crippen LogP contribution in [0.2, 0.25) is 0 Å². The molecule has 7 nitrogen and oxygen atoms in total. The molecule has 9 heteroatoms. The second-order valence-corrected chi connectivity index (χ2v) is 10.8. The second-order valence-electron chi connectivity index (χ2n) is 7.63. The molecule has 2 fully saturated rings. The minimum atomic E-state index is -3.49. The van der Waals surface area contributed by atoms with Gasteiger partial charge in [-0.15, -0.1) is 11.3 Å². The molecule has 2 aromatic rings.